The molecule has 0 amide bonds. The van der Waals surface area contributed by atoms with Crippen LogP contribution >= 0.6 is 0 Å². The number of amidine groups is 1. The van der Waals surface area contributed by atoms with Crippen molar-refractivity contribution in [2.45, 2.75) is 18.7 Å². The summed E-state index contributed by atoms with van der Waals surface area (Å²) in [4.78, 5) is 0.0647. The number of hydrogen-bond acceptors (Lipinski definition) is 5. The number of fused-ring (bicyclic) bond motifs is 1. The van der Waals surface area contributed by atoms with E-state index in [4.69, 9.17) is 12.6 Å². The molecule has 6 nitrogen and oxygen atoms in total. The van der Waals surface area contributed by atoms with Gasteiger partial charge in [0.15, 0.2) is 17.4 Å². The number of rotatable bonds is 5. The Bertz CT molecular complexity index is 1070. The third-order valence-corrected chi connectivity index (χ3v) is 5.34. The summed E-state index contributed by atoms with van der Waals surface area (Å²) in [5.74, 6) is 0.0367. The summed E-state index contributed by atoms with van der Waals surface area (Å²) in [6.07, 6.45) is 1.51. The molecule has 0 saturated carbocycles. The lowest BCUT2D eigenvalue weighted by Crippen LogP contribution is -2.30. The van der Waals surface area contributed by atoms with Gasteiger partial charge < -0.3 is 4.74 Å². The zero-order valence-corrected chi connectivity index (χ0v) is 16.6. The predicted octanol–water partition coefficient (Wildman–Crippen LogP) is 2.07. The molecule has 1 heterocycles. The van der Waals surface area contributed by atoms with Gasteiger partial charge in [0.05, 0.1) is 18.2 Å². The lowest BCUT2D eigenvalue weighted by atomic mass is 9.95. The molecule has 2 aromatic rings. The Morgan fingerprint density at radius 2 is 2.04 bits per heavy atom. The number of hydrazone groups is 1. The number of methoxy groups -OCH3 is 1. The van der Waals surface area contributed by atoms with Crippen LogP contribution in [-0.2, 0) is 10.0 Å². The summed E-state index contributed by atoms with van der Waals surface area (Å²) in [7, 11) is 3.27. The number of nitrogens with zero attached hydrogens (tertiary/aromatic N) is 3. The Morgan fingerprint density at radius 3 is 2.71 bits per heavy atom. The van der Waals surface area contributed by atoms with Crippen LogP contribution in [0.15, 0.2) is 50.8 Å². The molecule has 28 heavy (non-hydrogen) atoms. The molecular weight excluding hydrogens is 380 g/mol. The Labute approximate surface area is 165 Å². The van der Waals surface area contributed by atoms with Crippen molar-refractivity contribution in [2.24, 2.45) is 15.4 Å². The van der Waals surface area contributed by atoms with E-state index in [1.807, 2.05) is 13.8 Å². The fourth-order valence-corrected chi connectivity index (χ4v) is 4.00. The molecule has 0 spiro atoms. The molecule has 0 bridgehead atoms. The molecule has 3 rings (SSSR count). The number of sulfonamides is 1. The number of ether oxygens (including phenoxy) is 1. The highest BCUT2D eigenvalue weighted by Gasteiger charge is 2.32. The maximum absolute atomic E-state index is 13.6. The van der Waals surface area contributed by atoms with E-state index in [1.54, 1.807) is 18.2 Å². The van der Waals surface area contributed by atoms with Gasteiger partial charge in [0, 0.05) is 12.1 Å². The van der Waals surface area contributed by atoms with Crippen LogP contribution in [-0.4, -0.2) is 47.0 Å². The highest BCUT2D eigenvalue weighted by molar-refractivity contribution is 7.90. The van der Waals surface area contributed by atoms with Gasteiger partial charge in [-0.3, -0.25) is 0 Å². The van der Waals surface area contributed by atoms with E-state index >= 15 is 0 Å². The second-order valence-electron chi connectivity index (χ2n) is 6.76. The second kappa shape index (κ2) is 7.75. The Morgan fingerprint density at radius 1 is 1.29 bits per heavy atom. The molecular formula is C19H19BFN3O3S. The van der Waals surface area contributed by atoms with Crippen LogP contribution in [0.2, 0.25) is 0 Å². The van der Waals surface area contributed by atoms with E-state index in [2.05, 4.69) is 9.50 Å². The highest BCUT2D eigenvalue weighted by atomic mass is 32.2. The summed E-state index contributed by atoms with van der Waals surface area (Å²) >= 11 is 0. The van der Waals surface area contributed by atoms with Crippen LogP contribution in [0, 0.1) is 11.7 Å². The average molecular weight is 399 g/mol. The minimum Gasteiger partial charge on any atom is -0.494 e. The first kappa shape index (κ1) is 20.1. The van der Waals surface area contributed by atoms with Gasteiger partial charge in [-0.25, -0.2) is 9.40 Å². The van der Waals surface area contributed by atoms with E-state index in [1.165, 1.54) is 36.5 Å². The van der Waals surface area contributed by atoms with Crippen LogP contribution in [0.3, 0.4) is 0 Å². The van der Waals surface area contributed by atoms with Crippen molar-refractivity contribution in [1.82, 2.24) is 5.01 Å². The molecule has 0 unspecified atom stereocenters. The largest absolute Gasteiger partial charge is 0.494 e. The van der Waals surface area contributed by atoms with Crippen molar-refractivity contribution in [3.05, 3.63) is 53.3 Å². The van der Waals surface area contributed by atoms with Gasteiger partial charge in [0.2, 0.25) is 0 Å². The third-order valence-electron chi connectivity index (χ3n) is 4.04. The monoisotopic (exact) mass is 399 g/mol. The molecule has 0 aliphatic carbocycles. The predicted molar refractivity (Wildman–Crippen MR) is 108 cm³/mol. The first-order valence-electron chi connectivity index (χ1n) is 8.61. The lowest BCUT2D eigenvalue weighted by molar-refractivity contribution is 0.384. The number of halogens is 1. The minimum absolute atomic E-state index is 0.0647. The van der Waals surface area contributed by atoms with Gasteiger partial charge in [-0.15, -0.1) is 4.40 Å². The van der Waals surface area contributed by atoms with Crippen molar-refractivity contribution in [3.8, 4) is 5.75 Å². The normalized spacial score (nSPS) is 15.0. The first-order chi connectivity index (χ1) is 13.2. The van der Waals surface area contributed by atoms with Crippen molar-refractivity contribution in [3.63, 3.8) is 0 Å². The average Bonchev–Trinajstić information content (AvgIpc) is 2.90. The van der Waals surface area contributed by atoms with Gasteiger partial charge in [-0.05, 0) is 29.7 Å². The van der Waals surface area contributed by atoms with Gasteiger partial charge in [-0.1, -0.05) is 37.5 Å². The maximum atomic E-state index is 13.6. The number of benzene rings is 2. The van der Waals surface area contributed by atoms with Gasteiger partial charge in [-0.2, -0.15) is 13.5 Å². The summed E-state index contributed by atoms with van der Waals surface area (Å²) < 4.78 is 47.3. The quantitative estimate of drug-likeness (QED) is 0.439. The van der Waals surface area contributed by atoms with E-state index < -0.39 is 15.8 Å². The van der Waals surface area contributed by atoms with Crippen molar-refractivity contribution in [1.29, 1.82) is 0 Å². The SMILES string of the molecule is [B]c1ccc2c(c1)S(=O)(=O)N=C2N(CC(C)C)/N=C/c1ccc(F)c(OC)c1. The van der Waals surface area contributed by atoms with E-state index in [-0.39, 0.29) is 22.4 Å². The molecule has 0 aromatic heterocycles. The lowest BCUT2D eigenvalue weighted by Gasteiger charge is -2.21. The summed E-state index contributed by atoms with van der Waals surface area (Å²) in [5, 5.41) is 5.94. The number of hydrogen-bond donors (Lipinski definition) is 0. The molecule has 0 N–H and O–H groups in total. The van der Waals surface area contributed by atoms with Crippen LogP contribution in [0.25, 0.3) is 0 Å². The fraction of sp³-hybridized carbons (Fsp3) is 0.263. The zero-order chi connectivity index (χ0) is 20.5. The molecule has 0 fully saturated rings. The molecule has 9 heteroatoms. The smallest absolute Gasteiger partial charge is 0.285 e. The molecule has 1 aliphatic heterocycles. The molecule has 0 saturated heterocycles. The highest BCUT2D eigenvalue weighted by Crippen LogP contribution is 2.27. The van der Waals surface area contributed by atoms with Crippen molar-refractivity contribution in [2.75, 3.05) is 13.7 Å². The first-order valence-corrected chi connectivity index (χ1v) is 10.0. The summed E-state index contributed by atoms with van der Waals surface area (Å²) in [6, 6.07) is 8.98. The van der Waals surface area contributed by atoms with E-state index in [0.717, 1.165) is 0 Å². The second-order valence-corrected chi connectivity index (χ2v) is 8.33. The van der Waals surface area contributed by atoms with Crippen LogP contribution in [0.4, 0.5) is 4.39 Å². The fourth-order valence-electron chi connectivity index (χ4n) is 2.76. The standard InChI is InChI=1S/C19H19BFN3O3S/c1-12(2)11-24(22-10-13-4-7-16(21)17(8-13)27-3)19-15-6-5-14(20)9-18(15)28(25,26)23-19/h4-10,12H,11H2,1-3H3/b22-10+. The summed E-state index contributed by atoms with van der Waals surface area (Å²) in [6.45, 7) is 4.40. The van der Waals surface area contributed by atoms with Crippen LogP contribution in [0.5, 0.6) is 5.75 Å². The van der Waals surface area contributed by atoms with Gasteiger partial charge >= 0.3 is 0 Å². The maximum Gasteiger partial charge on any atom is 0.285 e. The molecule has 1 aliphatic rings. The van der Waals surface area contributed by atoms with Gasteiger partial charge in [0.1, 0.15) is 7.85 Å². The van der Waals surface area contributed by atoms with Crippen LogP contribution in [0.1, 0.15) is 25.0 Å². The third kappa shape index (κ3) is 4.09. The Balaban J connectivity index is 2.00. The molecule has 2 aromatic carbocycles. The van der Waals surface area contributed by atoms with E-state index in [0.29, 0.717) is 23.1 Å². The molecule has 144 valence electrons. The zero-order valence-electron chi connectivity index (χ0n) is 15.8. The topological polar surface area (TPSA) is 71.3 Å². The minimum atomic E-state index is -3.83. The molecule has 2 radical (unpaired) electrons. The Kier molecular flexibility index (Phi) is 5.55. The van der Waals surface area contributed by atoms with Crippen molar-refractivity contribution < 1.29 is 17.5 Å². The van der Waals surface area contributed by atoms with Crippen molar-refractivity contribution >= 4 is 35.4 Å². The van der Waals surface area contributed by atoms with Crippen LogP contribution < -0.4 is 10.2 Å². The Hall–Kier alpha value is -2.68. The van der Waals surface area contributed by atoms with Gasteiger partial charge in [0.25, 0.3) is 10.0 Å². The molecule has 0 atom stereocenters. The van der Waals surface area contributed by atoms with E-state index in [9.17, 15) is 12.8 Å². The summed E-state index contributed by atoms with van der Waals surface area (Å²) in [5.41, 5.74) is 1.39.